The van der Waals surface area contributed by atoms with Gasteiger partial charge in [0.15, 0.2) is 17.2 Å². The van der Waals surface area contributed by atoms with Crippen molar-refractivity contribution < 1.29 is 44.3 Å². The van der Waals surface area contributed by atoms with Gasteiger partial charge in [0, 0.05) is 22.3 Å². The summed E-state index contributed by atoms with van der Waals surface area (Å²) in [6.45, 7) is 13.4. The first-order valence-electron chi connectivity index (χ1n) is 15.5. The highest BCUT2D eigenvalue weighted by Crippen LogP contribution is 2.65. The van der Waals surface area contributed by atoms with E-state index in [-0.39, 0.29) is 42.1 Å². The number of phenolic OH excluding ortho intramolecular Hbond substituents is 1. The number of fused-ring (bicyclic) bond motifs is 3. The molecule has 0 spiro atoms. The number of aliphatic hydroxyl groups is 3. The van der Waals surface area contributed by atoms with Crippen molar-refractivity contribution in [1.29, 1.82) is 0 Å². The molecule has 3 aliphatic carbocycles. The zero-order valence-electron chi connectivity index (χ0n) is 27.6. The number of aliphatic hydroxyl groups excluding tert-OH is 2. The average Bonchev–Trinajstić information content (AvgIpc) is 2.90. The lowest BCUT2D eigenvalue weighted by Crippen LogP contribution is -2.69. The Morgan fingerprint density at radius 2 is 1.61 bits per heavy atom. The van der Waals surface area contributed by atoms with E-state index in [1.54, 1.807) is 66.7 Å². The summed E-state index contributed by atoms with van der Waals surface area (Å²) in [5.41, 5.74) is -3.93. The largest absolute Gasteiger partial charge is 0.508 e. The molecule has 0 aromatic heterocycles. The summed E-state index contributed by atoms with van der Waals surface area (Å²) in [6.07, 6.45) is 0.253. The second-order valence-electron chi connectivity index (χ2n) is 14.9. The summed E-state index contributed by atoms with van der Waals surface area (Å²) >= 11 is 0. The van der Waals surface area contributed by atoms with E-state index in [0.29, 0.717) is 11.1 Å². The van der Waals surface area contributed by atoms with Crippen molar-refractivity contribution in [3.63, 3.8) is 0 Å². The van der Waals surface area contributed by atoms with Crippen molar-refractivity contribution in [3.05, 3.63) is 70.0 Å². The van der Waals surface area contributed by atoms with E-state index in [4.69, 9.17) is 4.74 Å². The van der Waals surface area contributed by atoms with Gasteiger partial charge in [-0.3, -0.25) is 19.2 Å². The number of aromatic hydroxyl groups is 1. The van der Waals surface area contributed by atoms with E-state index in [9.17, 15) is 39.6 Å². The second kappa shape index (κ2) is 10.7. The third kappa shape index (κ3) is 4.78. The van der Waals surface area contributed by atoms with Crippen molar-refractivity contribution >= 4 is 29.1 Å². The van der Waals surface area contributed by atoms with Gasteiger partial charge in [-0.25, -0.2) is 0 Å². The lowest BCUT2D eigenvalue weighted by Gasteiger charge is -2.59. The van der Waals surface area contributed by atoms with E-state index < -0.39 is 68.3 Å². The number of carbonyl (C=O) groups is 4. The van der Waals surface area contributed by atoms with Crippen LogP contribution >= 0.6 is 0 Å². The predicted octanol–water partition coefficient (Wildman–Crippen LogP) is 5.74. The van der Waals surface area contributed by atoms with Crippen LogP contribution in [0.5, 0.6) is 5.75 Å². The van der Waals surface area contributed by atoms with Crippen molar-refractivity contribution in [3.8, 4) is 16.9 Å². The SMILES string of the molecule is CC(=O)C1=C(O)[C@]2(O)C(=O)C3=C(O)c4c(O)ccc(-c5ccc(CC(=O)OC(C)(C)C)cc5)c4C[C@]3(C)C[C@]2(C)C(C(C)C)C1=O. The molecule has 0 radical (unpaired) electrons. The molecule has 1 fully saturated rings. The smallest absolute Gasteiger partial charge is 0.310 e. The topological polar surface area (TPSA) is 158 Å². The van der Waals surface area contributed by atoms with Gasteiger partial charge in [0.25, 0.3) is 0 Å². The van der Waals surface area contributed by atoms with Crippen LogP contribution in [0.1, 0.15) is 78.5 Å². The number of phenols is 1. The van der Waals surface area contributed by atoms with E-state index in [2.05, 4.69) is 0 Å². The molecule has 9 heteroatoms. The minimum absolute atomic E-state index is 0.00876. The average molecular weight is 631 g/mol. The Labute approximate surface area is 268 Å². The molecular weight excluding hydrogens is 588 g/mol. The Balaban J connectivity index is 1.66. The summed E-state index contributed by atoms with van der Waals surface area (Å²) < 4.78 is 5.43. The first-order chi connectivity index (χ1) is 21.2. The van der Waals surface area contributed by atoms with E-state index in [1.165, 1.54) is 6.07 Å². The van der Waals surface area contributed by atoms with E-state index >= 15 is 0 Å². The molecule has 5 rings (SSSR count). The number of ketones is 3. The molecule has 0 bridgehead atoms. The third-order valence-electron chi connectivity index (χ3n) is 9.92. The molecular formula is C37H42O9. The molecule has 4 N–H and O–H groups in total. The molecule has 0 heterocycles. The number of allylic oxidation sites excluding steroid dienone is 1. The third-order valence-corrected chi connectivity index (χ3v) is 9.92. The highest BCUT2D eigenvalue weighted by molar-refractivity contribution is 6.24. The molecule has 0 saturated heterocycles. The number of benzene rings is 2. The maximum atomic E-state index is 14.5. The summed E-state index contributed by atoms with van der Waals surface area (Å²) in [6, 6.07) is 10.4. The monoisotopic (exact) mass is 630 g/mol. The van der Waals surface area contributed by atoms with Gasteiger partial charge in [-0.15, -0.1) is 0 Å². The molecule has 2 aromatic rings. The maximum Gasteiger partial charge on any atom is 0.310 e. The number of carbonyl (C=O) groups excluding carboxylic acids is 4. The van der Waals surface area contributed by atoms with Gasteiger partial charge in [-0.1, -0.05) is 58.0 Å². The Bertz CT molecular complexity index is 1750. The Hall–Kier alpha value is -4.24. The Morgan fingerprint density at radius 1 is 1.00 bits per heavy atom. The zero-order valence-corrected chi connectivity index (χ0v) is 27.6. The fraction of sp³-hybridized carbons (Fsp3) is 0.459. The molecule has 3 aliphatic rings. The van der Waals surface area contributed by atoms with Crippen molar-refractivity contribution in [2.45, 2.75) is 85.9 Å². The van der Waals surface area contributed by atoms with E-state index in [0.717, 1.165) is 18.1 Å². The molecule has 2 aromatic carbocycles. The van der Waals surface area contributed by atoms with Crippen molar-refractivity contribution in [2.24, 2.45) is 22.7 Å². The van der Waals surface area contributed by atoms with Gasteiger partial charge in [-0.05, 0) is 74.8 Å². The number of ether oxygens (including phenoxy) is 1. The molecule has 1 unspecified atom stereocenters. The summed E-state index contributed by atoms with van der Waals surface area (Å²) in [5, 5.41) is 46.3. The van der Waals surface area contributed by atoms with Crippen LogP contribution in [0.4, 0.5) is 0 Å². The first-order valence-corrected chi connectivity index (χ1v) is 15.5. The molecule has 4 atom stereocenters. The van der Waals surface area contributed by atoms with Crippen LogP contribution in [0.25, 0.3) is 16.9 Å². The fourth-order valence-corrected chi connectivity index (χ4v) is 8.33. The number of esters is 1. The quantitative estimate of drug-likeness (QED) is 0.239. The lowest BCUT2D eigenvalue weighted by atomic mass is 9.43. The number of Topliss-reactive ketones (excluding diaryl/α,β-unsaturated/α-hetero) is 3. The van der Waals surface area contributed by atoms with E-state index in [1.807, 2.05) is 12.1 Å². The van der Waals surface area contributed by atoms with Gasteiger partial charge < -0.3 is 25.2 Å². The summed E-state index contributed by atoms with van der Waals surface area (Å²) in [4.78, 5) is 53.1. The van der Waals surface area contributed by atoms with Crippen LogP contribution in [-0.4, -0.2) is 54.9 Å². The van der Waals surface area contributed by atoms with Gasteiger partial charge in [0.05, 0.1) is 12.0 Å². The summed E-state index contributed by atoms with van der Waals surface area (Å²) in [5.74, 6) is -5.94. The maximum absolute atomic E-state index is 14.5. The minimum atomic E-state index is -2.66. The van der Waals surface area contributed by atoms with Crippen LogP contribution in [0.2, 0.25) is 0 Å². The van der Waals surface area contributed by atoms with Crippen LogP contribution < -0.4 is 0 Å². The van der Waals surface area contributed by atoms with Gasteiger partial charge >= 0.3 is 5.97 Å². The highest BCUT2D eigenvalue weighted by Gasteiger charge is 2.72. The zero-order chi connectivity index (χ0) is 34.3. The number of rotatable bonds is 5. The fourth-order valence-electron chi connectivity index (χ4n) is 8.33. The molecule has 46 heavy (non-hydrogen) atoms. The summed E-state index contributed by atoms with van der Waals surface area (Å²) in [7, 11) is 0. The normalized spacial score (nSPS) is 27.7. The highest BCUT2D eigenvalue weighted by atomic mass is 16.6. The number of hydrogen-bond acceptors (Lipinski definition) is 9. The first kappa shape index (κ1) is 33.1. The molecule has 1 saturated carbocycles. The molecule has 9 nitrogen and oxygen atoms in total. The number of hydrogen-bond donors (Lipinski definition) is 4. The van der Waals surface area contributed by atoms with Gasteiger partial charge in [0.1, 0.15) is 28.4 Å². The van der Waals surface area contributed by atoms with Crippen molar-refractivity contribution in [2.75, 3.05) is 0 Å². The molecule has 0 amide bonds. The Morgan fingerprint density at radius 3 is 2.15 bits per heavy atom. The predicted molar refractivity (Wildman–Crippen MR) is 171 cm³/mol. The van der Waals surface area contributed by atoms with Gasteiger partial charge in [0.2, 0.25) is 5.78 Å². The Kier molecular flexibility index (Phi) is 7.68. The minimum Gasteiger partial charge on any atom is -0.508 e. The van der Waals surface area contributed by atoms with Crippen LogP contribution in [0.3, 0.4) is 0 Å². The van der Waals surface area contributed by atoms with Gasteiger partial charge in [-0.2, -0.15) is 0 Å². The molecule has 244 valence electrons. The van der Waals surface area contributed by atoms with Crippen LogP contribution in [0, 0.1) is 22.7 Å². The van der Waals surface area contributed by atoms with Crippen LogP contribution in [-0.2, 0) is 36.8 Å². The lowest BCUT2D eigenvalue weighted by molar-refractivity contribution is -0.178. The van der Waals surface area contributed by atoms with Crippen LogP contribution in [0.15, 0.2) is 53.3 Å². The van der Waals surface area contributed by atoms with Crippen molar-refractivity contribution in [1.82, 2.24) is 0 Å². The second-order valence-corrected chi connectivity index (χ2v) is 14.9. The molecule has 0 aliphatic heterocycles. The standard InChI is InChI=1S/C37H42O9/c1-18(2)28-30(41)26(19(3)38)32(43)37(45)33(44)29-31(42)27-23(16-35(29,7)17-36(28,37)8)22(13-14-24(27)39)21-11-9-20(10-12-21)15-25(40)46-34(4,5)6/h9-14,18,28,39,42-43,45H,15-17H2,1-8H3/t28?,35-,36-,37+/m1/s1.